The molecule has 1 atom stereocenters. The lowest BCUT2D eigenvalue weighted by Gasteiger charge is -2.28. The van der Waals surface area contributed by atoms with Crippen molar-refractivity contribution in [2.24, 2.45) is 5.92 Å². The third-order valence-electron chi connectivity index (χ3n) is 4.27. The van der Waals surface area contributed by atoms with Crippen molar-refractivity contribution >= 4 is 5.91 Å². The Hall–Kier alpha value is -0.570. The molecule has 1 aliphatic heterocycles. The second-order valence-corrected chi connectivity index (χ2v) is 5.78. The van der Waals surface area contributed by atoms with Crippen LogP contribution in [0, 0.1) is 5.92 Å². The molecule has 1 aliphatic carbocycles. The van der Waals surface area contributed by atoms with Gasteiger partial charge in [0, 0.05) is 26.1 Å². The van der Waals surface area contributed by atoms with Crippen molar-refractivity contribution in [3.63, 3.8) is 0 Å². The van der Waals surface area contributed by atoms with Crippen molar-refractivity contribution in [2.75, 3.05) is 20.1 Å². The molecule has 0 bridgehead atoms. The van der Waals surface area contributed by atoms with Crippen LogP contribution >= 0.6 is 0 Å². The van der Waals surface area contributed by atoms with Gasteiger partial charge in [0.25, 0.3) is 0 Å². The Bertz CT molecular complexity index is 243. The topological polar surface area (TPSA) is 32.3 Å². The van der Waals surface area contributed by atoms with Gasteiger partial charge in [-0.1, -0.05) is 19.3 Å². The normalized spacial score (nSPS) is 26.1. The van der Waals surface area contributed by atoms with E-state index in [9.17, 15) is 4.79 Å². The van der Waals surface area contributed by atoms with Gasteiger partial charge in [0.2, 0.25) is 5.91 Å². The van der Waals surface area contributed by atoms with Crippen LogP contribution in [-0.4, -0.2) is 37.0 Å². The molecule has 0 radical (unpaired) electrons. The number of carbonyl (C=O) groups excluding carboxylic acids is 1. The molecule has 1 unspecified atom stereocenters. The molecular weight excluding hydrogens is 212 g/mol. The van der Waals surface area contributed by atoms with Crippen LogP contribution in [0.25, 0.3) is 0 Å². The molecule has 1 saturated heterocycles. The van der Waals surface area contributed by atoms with Gasteiger partial charge in [-0.25, -0.2) is 0 Å². The minimum atomic E-state index is 0.351. The van der Waals surface area contributed by atoms with Gasteiger partial charge in [-0.2, -0.15) is 0 Å². The molecule has 2 fully saturated rings. The fourth-order valence-electron chi connectivity index (χ4n) is 3.13. The Morgan fingerprint density at radius 1 is 1.18 bits per heavy atom. The lowest BCUT2D eigenvalue weighted by molar-refractivity contribution is -0.131. The maximum atomic E-state index is 12.1. The van der Waals surface area contributed by atoms with Crippen molar-refractivity contribution in [3.8, 4) is 0 Å². The van der Waals surface area contributed by atoms with Gasteiger partial charge < -0.3 is 10.2 Å². The van der Waals surface area contributed by atoms with E-state index in [1.165, 1.54) is 44.9 Å². The summed E-state index contributed by atoms with van der Waals surface area (Å²) in [6.45, 7) is 2.01. The maximum absolute atomic E-state index is 12.1. The number of piperidine rings is 1. The first kappa shape index (κ1) is 12.9. The summed E-state index contributed by atoms with van der Waals surface area (Å²) in [4.78, 5) is 14.0. The summed E-state index contributed by atoms with van der Waals surface area (Å²) >= 11 is 0. The molecule has 1 saturated carbocycles. The highest BCUT2D eigenvalue weighted by atomic mass is 16.2. The monoisotopic (exact) mass is 238 g/mol. The van der Waals surface area contributed by atoms with Crippen LogP contribution in [0.15, 0.2) is 0 Å². The van der Waals surface area contributed by atoms with Crippen LogP contribution in [0.2, 0.25) is 0 Å². The van der Waals surface area contributed by atoms with E-state index in [4.69, 9.17) is 0 Å². The summed E-state index contributed by atoms with van der Waals surface area (Å²) in [5.74, 6) is 1.02. The molecule has 1 heterocycles. The molecule has 1 N–H and O–H groups in total. The lowest BCUT2D eigenvalue weighted by atomic mass is 10.0. The fourth-order valence-corrected chi connectivity index (χ4v) is 3.13. The van der Waals surface area contributed by atoms with Gasteiger partial charge in [-0.3, -0.25) is 4.79 Å². The number of rotatable bonds is 4. The van der Waals surface area contributed by atoms with Crippen LogP contribution in [0.1, 0.15) is 51.4 Å². The molecule has 2 rings (SSSR count). The van der Waals surface area contributed by atoms with E-state index < -0.39 is 0 Å². The number of hydrogen-bond acceptors (Lipinski definition) is 2. The minimum absolute atomic E-state index is 0.351. The smallest absolute Gasteiger partial charge is 0.222 e. The van der Waals surface area contributed by atoms with Gasteiger partial charge >= 0.3 is 0 Å². The highest BCUT2D eigenvalue weighted by Crippen LogP contribution is 2.27. The van der Waals surface area contributed by atoms with Gasteiger partial charge in [-0.05, 0) is 38.1 Å². The zero-order chi connectivity index (χ0) is 12.1. The van der Waals surface area contributed by atoms with Gasteiger partial charge in [0.05, 0.1) is 0 Å². The van der Waals surface area contributed by atoms with Crippen LogP contribution in [-0.2, 0) is 4.79 Å². The molecule has 2 aliphatic rings. The predicted octanol–water partition coefficient (Wildman–Crippen LogP) is 2.17. The summed E-state index contributed by atoms with van der Waals surface area (Å²) in [6.07, 6.45) is 9.78. The van der Waals surface area contributed by atoms with Crippen LogP contribution in [0.3, 0.4) is 0 Å². The fraction of sp³-hybridized carbons (Fsp3) is 0.929. The summed E-state index contributed by atoms with van der Waals surface area (Å²) in [7, 11) is 1.97. The highest BCUT2D eigenvalue weighted by Gasteiger charge is 2.22. The van der Waals surface area contributed by atoms with E-state index in [1.807, 2.05) is 11.9 Å². The quantitative estimate of drug-likeness (QED) is 0.814. The minimum Gasteiger partial charge on any atom is -0.344 e. The molecule has 0 aromatic carbocycles. The van der Waals surface area contributed by atoms with Crippen molar-refractivity contribution in [3.05, 3.63) is 0 Å². The number of nitrogens with zero attached hydrogens (tertiary/aromatic N) is 1. The number of nitrogens with one attached hydrogen (secondary N) is 1. The standard InChI is InChI=1S/C14H26N2O/c1-16(11-13-8-4-5-9-15-13)14(17)10-12-6-2-3-7-12/h12-13,15H,2-11H2,1H3. The Balaban J connectivity index is 1.70. The SMILES string of the molecule is CN(CC1CCCCN1)C(=O)CC1CCCC1. The van der Waals surface area contributed by atoms with Crippen LogP contribution in [0.5, 0.6) is 0 Å². The molecule has 3 heteroatoms. The second kappa shape index (κ2) is 6.39. The second-order valence-electron chi connectivity index (χ2n) is 5.78. The Morgan fingerprint density at radius 2 is 1.88 bits per heavy atom. The first-order valence-corrected chi connectivity index (χ1v) is 7.23. The zero-order valence-corrected chi connectivity index (χ0v) is 11.1. The summed E-state index contributed by atoms with van der Waals surface area (Å²) in [5.41, 5.74) is 0. The van der Waals surface area contributed by atoms with Gasteiger partial charge in [0.15, 0.2) is 0 Å². The molecular formula is C14H26N2O. The molecule has 0 aromatic rings. The van der Waals surface area contributed by atoms with E-state index >= 15 is 0 Å². The number of amides is 1. The average Bonchev–Trinajstić information content (AvgIpc) is 2.83. The van der Waals surface area contributed by atoms with Crippen molar-refractivity contribution in [2.45, 2.75) is 57.4 Å². The molecule has 17 heavy (non-hydrogen) atoms. The molecule has 0 aromatic heterocycles. The van der Waals surface area contributed by atoms with Crippen molar-refractivity contribution < 1.29 is 4.79 Å². The maximum Gasteiger partial charge on any atom is 0.222 e. The highest BCUT2D eigenvalue weighted by molar-refractivity contribution is 5.76. The van der Waals surface area contributed by atoms with E-state index in [0.717, 1.165) is 19.5 Å². The summed E-state index contributed by atoms with van der Waals surface area (Å²) in [5, 5.41) is 3.50. The van der Waals surface area contributed by atoms with E-state index in [2.05, 4.69) is 5.32 Å². The largest absolute Gasteiger partial charge is 0.344 e. The van der Waals surface area contributed by atoms with Gasteiger partial charge in [0.1, 0.15) is 0 Å². The Labute approximate surface area is 105 Å². The predicted molar refractivity (Wildman–Crippen MR) is 69.9 cm³/mol. The summed E-state index contributed by atoms with van der Waals surface area (Å²) < 4.78 is 0. The van der Waals surface area contributed by atoms with Crippen LogP contribution in [0.4, 0.5) is 0 Å². The number of carbonyl (C=O) groups is 1. The molecule has 0 spiro atoms. The number of likely N-dealkylation sites (N-methyl/N-ethyl adjacent to an activating group) is 1. The van der Waals surface area contributed by atoms with Crippen molar-refractivity contribution in [1.82, 2.24) is 10.2 Å². The molecule has 98 valence electrons. The summed E-state index contributed by atoms with van der Waals surface area (Å²) in [6, 6.07) is 0.529. The van der Waals surface area contributed by atoms with Crippen LogP contribution < -0.4 is 5.32 Å². The lowest BCUT2D eigenvalue weighted by Crippen LogP contribution is -2.44. The van der Waals surface area contributed by atoms with Gasteiger partial charge in [-0.15, -0.1) is 0 Å². The first-order valence-electron chi connectivity index (χ1n) is 7.23. The first-order chi connectivity index (χ1) is 8.25. The van der Waals surface area contributed by atoms with E-state index in [1.54, 1.807) is 0 Å². The zero-order valence-electron chi connectivity index (χ0n) is 11.1. The third-order valence-corrected chi connectivity index (χ3v) is 4.27. The molecule has 1 amide bonds. The number of hydrogen-bond donors (Lipinski definition) is 1. The Kier molecular flexibility index (Phi) is 4.84. The average molecular weight is 238 g/mol. The van der Waals surface area contributed by atoms with E-state index in [-0.39, 0.29) is 0 Å². The third kappa shape index (κ3) is 3.98. The van der Waals surface area contributed by atoms with E-state index in [0.29, 0.717) is 17.9 Å². The molecule has 3 nitrogen and oxygen atoms in total. The Morgan fingerprint density at radius 3 is 2.53 bits per heavy atom. The van der Waals surface area contributed by atoms with Crippen molar-refractivity contribution in [1.29, 1.82) is 0 Å².